The molecule has 2 saturated heterocycles. The van der Waals surface area contributed by atoms with Crippen molar-refractivity contribution in [2.45, 2.75) is 18.6 Å². The molecular weight excluding hydrogens is 342 g/mol. The van der Waals surface area contributed by atoms with Gasteiger partial charge in [-0.15, -0.1) is 0 Å². The summed E-state index contributed by atoms with van der Waals surface area (Å²) in [5.41, 5.74) is 1.55. The molecule has 8 heteroatoms. The maximum absolute atomic E-state index is 12.7. The van der Waals surface area contributed by atoms with E-state index in [0.29, 0.717) is 25.2 Å². The lowest BCUT2D eigenvalue weighted by Crippen LogP contribution is -2.60. The number of carbonyl (C=O) groups is 1. The maximum Gasteiger partial charge on any atom is 0.257 e. The third-order valence-electron chi connectivity index (χ3n) is 4.96. The average Bonchev–Trinajstić information content (AvgIpc) is 3.22. The summed E-state index contributed by atoms with van der Waals surface area (Å²) in [7, 11) is -3.16. The molecule has 2 aromatic heterocycles. The standard InChI is InChI=1S/C17H19N3O4S/c21-17(14-3-8-24-10-14)20-7-6-19(9-13-1-4-18-5-2-13)15-11-25(22,23)12-16(15)20/h1-5,8,10,15-16H,6-7,9,11-12H2/t15-,16+/m1/s1. The number of hydrogen-bond donors (Lipinski definition) is 0. The van der Waals surface area contributed by atoms with Gasteiger partial charge in [0.25, 0.3) is 5.91 Å². The topological polar surface area (TPSA) is 83.7 Å². The van der Waals surface area contributed by atoms with E-state index in [1.165, 1.54) is 12.5 Å². The first-order chi connectivity index (χ1) is 12.0. The predicted molar refractivity (Wildman–Crippen MR) is 90.6 cm³/mol. The molecule has 2 fully saturated rings. The van der Waals surface area contributed by atoms with E-state index in [1.54, 1.807) is 23.4 Å². The summed E-state index contributed by atoms with van der Waals surface area (Å²) in [5.74, 6) is -0.0455. The lowest BCUT2D eigenvalue weighted by atomic mass is 10.0. The Balaban J connectivity index is 1.59. The van der Waals surface area contributed by atoms with E-state index < -0.39 is 9.84 Å². The highest BCUT2D eigenvalue weighted by molar-refractivity contribution is 7.91. The van der Waals surface area contributed by atoms with Crippen molar-refractivity contribution in [2.24, 2.45) is 0 Å². The summed E-state index contributed by atoms with van der Waals surface area (Å²) < 4.78 is 29.5. The highest BCUT2D eigenvalue weighted by Gasteiger charge is 2.48. The van der Waals surface area contributed by atoms with E-state index in [9.17, 15) is 13.2 Å². The van der Waals surface area contributed by atoms with Crippen LogP contribution in [-0.2, 0) is 16.4 Å². The van der Waals surface area contributed by atoms with Crippen LogP contribution in [0.4, 0.5) is 0 Å². The minimum absolute atomic E-state index is 0.0219. The Kier molecular flexibility index (Phi) is 4.09. The second kappa shape index (κ2) is 6.27. The summed E-state index contributed by atoms with van der Waals surface area (Å²) in [6.45, 7) is 1.81. The number of hydrogen-bond acceptors (Lipinski definition) is 6. The van der Waals surface area contributed by atoms with Crippen molar-refractivity contribution < 1.29 is 17.6 Å². The number of nitrogens with zero attached hydrogens (tertiary/aromatic N) is 3. The molecule has 7 nitrogen and oxygen atoms in total. The quantitative estimate of drug-likeness (QED) is 0.804. The number of rotatable bonds is 3. The number of sulfone groups is 1. The first-order valence-electron chi connectivity index (χ1n) is 8.20. The van der Waals surface area contributed by atoms with Crippen LogP contribution < -0.4 is 0 Å². The smallest absolute Gasteiger partial charge is 0.257 e. The molecule has 0 unspecified atom stereocenters. The zero-order chi connectivity index (χ0) is 17.4. The van der Waals surface area contributed by atoms with Gasteiger partial charge in [0.15, 0.2) is 9.84 Å². The Morgan fingerprint density at radius 3 is 2.64 bits per heavy atom. The Morgan fingerprint density at radius 2 is 1.92 bits per heavy atom. The van der Waals surface area contributed by atoms with E-state index >= 15 is 0 Å². The molecule has 0 bridgehead atoms. The van der Waals surface area contributed by atoms with Crippen LogP contribution in [0.3, 0.4) is 0 Å². The second-order valence-corrected chi connectivity index (χ2v) is 8.70. The van der Waals surface area contributed by atoms with E-state index in [0.717, 1.165) is 5.56 Å². The molecular formula is C17H19N3O4S. The summed E-state index contributed by atoms with van der Waals surface area (Å²) >= 11 is 0. The van der Waals surface area contributed by atoms with Crippen LogP contribution >= 0.6 is 0 Å². The van der Waals surface area contributed by atoms with Crippen molar-refractivity contribution >= 4 is 15.7 Å². The van der Waals surface area contributed by atoms with Crippen molar-refractivity contribution in [1.82, 2.24) is 14.8 Å². The minimum Gasteiger partial charge on any atom is -0.472 e. The number of furan rings is 1. The third-order valence-corrected chi connectivity index (χ3v) is 6.65. The van der Waals surface area contributed by atoms with Crippen LogP contribution in [0.2, 0.25) is 0 Å². The SMILES string of the molecule is O=C(c1ccoc1)N1CCN(Cc2ccncc2)[C@@H]2CS(=O)(=O)C[C@@H]21. The second-order valence-electron chi connectivity index (χ2n) is 6.55. The summed E-state index contributed by atoms with van der Waals surface area (Å²) in [6, 6.07) is 4.98. The first-order valence-corrected chi connectivity index (χ1v) is 10.0. The van der Waals surface area contributed by atoms with Crippen molar-refractivity contribution in [3.8, 4) is 0 Å². The van der Waals surface area contributed by atoms with E-state index in [2.05, 4.69) is 9.88 Å². The molecule has 132 valence electrons. The Labute approximate surface area is 146 Å². The van der Waals surface area contributed by atoms with Gasteiger partial charge >= 0.3 is 0 Å². The highest BCUT2D eigenvalue weighted by atomic mass is 32.2. The molecule has 0 spiro atoms. The molecule has 0 aromatic carbocycles. The molecule has 2 aromatic rings. The van der Waals surface area contributed by atoms with Crippen molar-refractivity contribution in [3.05, 3.63) is 54.2 Å². The molecule has 2 aliphatic heterocycles. The lowest BCUT2D eigenvalue weighted by Gasteiger charge is -2.43. The zero-order valence-electron chi connectivity index (χ0n) is 13.6. The third kappa shape index (κ3) is 3.19. The van der Waals surface area contributed by atoms with Gasteiger partial charge < -0.3 is 9.32 Å². The largest absolute Gasteiger partial charge is 0.472 e. The first kappa shape index (κ1) is 16.3. The maximum atomic E-state index is 12.7. The molecule has 1 amide bonds. The molecule has 0 aliphatic carbocycles. The summed E-state index contributed by atoms with van der Waals surface area (Å²) in [6.07, 6.45) is 6.33. The van der Waals surface area contributed by atoms with Gasteiger partial charge in [-0.1, -0.05) is 0 Å². The number of aromatic nitrogens is 1. The van der Waals surface area contributed by atoms with Crippen molar-refractivity contribution in [2.75, 3.05) is 24.6 Å². The number of fused-ring (bicyclic) bond motifs is 1. The lowest BCUT2D eigenvalue weighted by molar-refractivity contribution is 0.0305. The predicted octanol–water partition coefficient (Wildman–Crippen LogP) is 0.798. The molecule has 4 heterocycles. The van der Waals surface area contributed by atoms with E-state index in [4.69, 9.17) is 4.42 Å². The van der Waals surface area contributed by atoms with Crippen LogP contribution in [0.1, 0.15) is 15.9 Å². The molecule has 2 atom stereocenters. The fourth-order valence-electron chi connectivity index (χ4n) is 3.75. The van der Waals surface area contributed by atoms with Gasteiger partial charge in [-0.05, 0) is 23.8 Å². The van der Waals surface area contributed by atoms with Gasteiger partial charge in [-0.25, -0.2) is 8.42 Å². The zero-order valence-corrected chi connectivity index (χ0v) is 14.4. The number of piperazine rings is 1. The molecule has 0 N–H and O–H groups in total. The molecule has 0 radical (unpaired) electrons. The highest BCUT2D eigenvalue weighted by Crippen LogP contribution is 2.29. The normalized spacial score (nSPS) is 25.7. The molecule has 0 saturated carbocycles. The van der Waals surface area contributed by atoms with Crippen LogP contribution in [0.25, 0.3) is 0 Å². The fraction of sp³-hybridized carbons (Fsp3) is 0.412. The van der Waals surface area contributed by atoms with Gasteiger partial charge in [-0.3, -0.25) is 14.7 Å². The molecule has 25 heavy (non-hydrogen) atoms. The van der Waals surface area contributed by atoms with Gasteiger partial charge in [0.1, 0.15) is 6.26 Å². The Bertz CT molecular complexity index is 851. The molecule has 2 aliphatic rings. The Hall–Kier alpha value is -2.19. The van der Waals surface area contributed by atoms with Gasteiger partial charge in [0, 0.05) is 38.1 Å². The number of pyridine rings is 1. The van der Waals surface area contributed by atoms with Crippen molar-refractivity contribution in [3.63, 3.8) is 0 Å². The monoisotopic (exact) mass is 361 g/mol. The van der Waals surface area contributed by atoms with Crippen LogP contribution in [0.15, 0.2) is 47.5 Å². The minimum atomic E-state index is -3.16. The fourth-order valence-corrected chi connectivity index (χ4v) is 5.76. The number of carbonyl (C=O) groups excluding carboxylic acids is 1. The summed E-state index contributed by atoms with van der Waals surface area (Å²) in [4.78, 5) is 20.6. The van der Waals surface area contributed by atoms with Crippen molar-refractivity contribution in [1.29, 1.82) is 0 Å². The van der Waals surface area contributed by atoms with Gasteiger partial charge in [-0.2, -0.15) is 0 Å². The number of amides is 1. The van der Waals surface area contributed by atoms with E-state index in [-0.39, 0.29) is 29.5 Å². The summed E-state index contributed by atoms with van der Waals surface area (Å²) in [5, 5.41) is 0. The van der Waals surface area contributed by atoms with E-state index in [1.807, 2.05) is 12.1 Å². The average molecular weight is 361 g/mol. The van der Waals surface area contributed by atoms with Gasteiger partial charge in [0.05, 0.1) is 29.4 Å². The van der Waals surface area contributed by atoms with Crippen LogP contribution in [0.5, 0.6) is 0 Å². The van der Waals surface area contributed by atoms with Crippen LogP contribution in [0, 0.1) is 0 Å². The Morgan fingerprint density at radius 1 is 1.16 bits per heavy atom. The van der Waals surface area contributed by atoms with Gasteiger partial charge in [0.2, 0.25) is 0 Å². The van der Waals surface area contributed by atoms with Crippen LogP contribution in [-0.4, -0.2) is 65.8 Å². The molecule has 4 rings (SSSR count).